The van der Waals surface area contributed by atoms with Gasteiger partial charge in [0.05, 0.1) is 0 Å². The third-order valence-corrected chi connectivity index (χ3v) is 3.37. The second kappa shape index (κ2) is 4.88. The molecule has 0 aliphatic carbocycles. The molecule has 0 atom stereocenters. The molecule has 88 valence electrons. The number of piperidine rings is 1. The molecule has 1 aliphatic heterocycles. The lowest BCUT2D eigenvalue weighted by Gasteiger charge is -2.27. The first-order chi connectivity index (χ1) is 7.66. The molecule has 1 heterocycles. The van der Waals surface area contributed by atoms with Gasteiger partial charge in [-0.05, 0) is 45.3 Å². The van der Waals surface area contributed by atoms with Gasteiger partial charge >= 0.3 is 0 Å². The highest BCUT2D eigenvalue weighted by atomic mass is 16.3. The van der Waals surface area contributed by atoms with E-state index in [1.807, 2.05) is 13.0 Å². The summed E-state index contributed by atoms with van der Waals surface area (Å²) in [6.07, 6.45) is 3.95. The van der Waals surface area contributed by atoms with Gasteiger partial charge in [-0.3, -0.25) is 4.90 Å². The summed E-state index contributed by atoms with van der Waals surface area (Å²) in [5, 5.41) is 10.0. The standard InChI is InChI=1S/C14H21NO/c1-11-8-12(2)14(16)13(9-11)10-15-6-4-3-5-7-15/h8-9,16H,3-7,10H2,1-2H3. The van der Waals surface area contributed by atoms with Crippen molar-refractivity contribution in [2.75, 3.05) is 13.1 Å². The predicted molar refractivity (Wildman–Crippen MR) is 66.7 cm³/mol. The lowest BCUT2D eigenvalue weighted by atomic mass is 10.0. The fraction of sp³-hybridized carbons (Fsp3) is 0.571. The van der Waals surface area contributed by atoms with E-state index in [9.17, 15) is 5.11 Å². The first kappa shape index (κ1) is 11.5. The van der Waals surface area contributed by atoms with E-state index in [1.165, 1.54) is 37.9 Å². The monoisotopic (exact) mass is 219 g/mol. The Bertz CT molecular complexity index is 367. The van der Waals surface area contributed by atoms with Crippen LogP contribution in [-0.4, -0.2) is 23.1 Å². The van der Waals surface area contributed by atoms with Gasteiger partial charge in [0.15, 0.2) is 0 Å². The van der Waals surface area contributed by atoms with E-state index in [0.29, 0.717) is 5.75 Å². The van der Waals surface area contributed by atoms with Crippen LogP contribution in [0.1, 0.15) is 36.0 Å². The Morgan fingerprint density at radius 2 is 1.81 bits per heavy atom. The maximum absolute atomic E-state index is 10.0. The van der Waals surface area contributed by atoms with Gasteiger partial charge in [-0.2, -0.15) is 0 Å². The van der Waals surface area contributed by atoms with E-state index in [0.717, 1.165) is 17.7 Å². The van der Waals surface area contributed by atoms with Crippen molar-refractivity contribution >= 4 is 0 Å². The Morgan fingerprint density at radius 1 is 1.12 bits per heavy atom. The number of benzene rings is 1. The van der Waals surface area contributed by atoms with Crippen LogP contribution in [0.3, 0.4) is 0 Å². The molecule has 1 fully saturated rings. The molecule has 2 heteroatoms. The summed E-state index contributed by atoms with van der Waals surface area (Å²) in [5.74, 6) is 0.483. The number of phenols is 1. The minimum Gasteiger partial charge on any atom is -0.507 e. The summed E-state index contributed by atoms with van der Waals surface area (Å²) in [5.41, 5.74) is 3.31. The van der Waals surface area contributed by atoms with Gasteiger partial charge in [0, 0.05) is 12.1 Å². The summed E-state index contributed by atoms with van der Waals surface area (Å²) >= 11 is 0. The fourth-order valence-corrected chi connectivity index (χ4v) is 2.53. The van der Waals surface area contributed by atoms with Crippen molar-refractivity contribution in [3.63, 3.8) is 0 Å². The average Bonchev–Trinajstić information content (AvgIpc) is 2.27. The topological polar surface area (TPSA) is 23.5 Å². The number of aromatic hydroxyl groups is 1. The van der Waals surface area contributed by atoms with Crippen molar-refractivity contribution in [1.29, 1.82) is 0 Å². The molecule has 0 aromatic heterocycles. The molecule has 1 aromatic rings. The highest BCUT2D eigenvalue weighted by Crippen LogP contribution is 2.25. The Hall–Kier alpha value is -1.02. The van der Waals surface area contributed by atoms with E-state index in [4.69, 9.17) is 0 Å². The van der Waals surface area contributed by atoms with Crippen LogP contribution in [0.25, 0.3) is 0 Å². The van der Waals surface area contributed by atoms with Crippen LogP contribution >= 0.6 is 0 Å². The van der Waals surface area contributed by atoms with Crippen LogP contribution in [0.5, 0.6) is 5.75 Å². The Kier molecular flexibility index (Phi) is 3.49. The number of hydrogen-bond acceptors (Lipinski definition) is 2. The van der Waals surface area contributed by atoms with Gasteiger partial charge in [-0.25, -0.2) is 0 Å². The average molecular weight is 219 g/mol. The lowest BCUT2D eigenvalue weighted by molar-refractivity contribution is 0.218. The van der Waals surface area contributed by atoms with Crippen LogP contribution in [0.2, 0.25) is 0 Å². The van der Waals surface area contributed by atoms with Crippen LogP contribution < -0.4 is 0 Å². The van der Waals surface area contributed by atoms with Crippen LogP contribution in [0.4, 0.5) is 0 Å². The zero-order valence-electron chi connectivity index (χ0n) is 10.3. The van der Waals surface area contributed by atoms with Crippen molar-refractivity contribution < 1.29 is 5.11 Å². The van der Waals surface area contributed by atoms with Crippen molar-refractivity contribution in [1.82, 2.24) is 4.90 Å². The minimum absolute atomic E-state index is 0.483. The Labute approximate surface area is 97.9 Å². The number of phenolic OH excluding ortho intramolecular Hbond substituents is 1. The maximum Gasteiger partial charge on any atom is 0.122 e. The van der Waals surface area contributed by atoms with E-state index >= 15 is 0 Å². The van der Waals surface area contributed by atoms with Gasteiger partial charge in [0.25, 0.3) is 0 Å². The second-order valence-corrected chi connectivity index (χ2v) is 4.93. The molecule has 1 saturated heterocycles. The highest BCUT2D eigenvalue weighted by molar-refractivity contribution is 5.42. The molecule has 0 bridgehead atoms. The largest absolute Gasteiger partial charge is 0.507 e. The van der Waals surface area contributed by atoms with Crippen molar-refractivity contribution in [2.24, 2.45) is 0 Å². The zero-order chi connectivity index (χ0) is 11.5. The Balaban J connectivity index is 2.13. The van der Waals surface area contributed by atoms with Crippen LogP contribution in [0.15, 0.2) is 12.1 Å². The molecule has 0 amide bonds. The molecule has 1 aromatic carbocycles. The molecule has 0 radical (unpaired) electrons. The highest BCUT2D eigenvalue weighted by Gasteiger charge is 2.13. The minimum atomic E-state index is 0.483. The van der Waals surface area contributed by atoms with E-state index in [1.54, 1.807) is 0 Å². The number of rotatable bonds is 2. The second-order valence-electron chi connectivity index (χ2n) is 4.93. The summed E-state index contributed by atoms with van der Waals surface area (Å²) in [4.78, 5) is 2.44. The van der Waals surface area contributed by atoms with Gasteiger partial charge in [0.1, 0.15) is 5.75 Å². The number of nitrogens with zero attached hydrogens (tertiary/aromatic N) is 1. The molecule has 16 heavy (non-hydrogen) atoms. The SMILES string of the molecule is Cc1cc(C)c(O)c(CN2CCCCC2)c1. The van der Waals surface area contributed by atoms with Gasteiger partial charge < -0.3 is 5.11 Å². The molecule has 1 N–H and O–H groups in total. The molecule has 0 saturated carbocycles. The van der Waals surface area contributed by atoms with Crippen molar-refractivity contribution in [3.8, 4) is 5.75 Å². The van der Waals surface area contributed by atoms with Crippen molar-refractivity contribution in [2.45, 2.75) is 39.7 Å². The number of likely N-dealkylation sites (tertiary alicyclic amines) is 1. The molecular formula is C14H21NO. The van der Waals surface area contributed by atoms with E-state index < -0.39 is 0 Å². The molecule has 1 aliphatic rings. The molecule has 0 spiro atoms. The smallest absolute Gasteiger partial charge is 0.122 e. The van der Waals surface area contributed by atoms with Crippen LogP contribution in [-0.2, 0) is 6.54 Å². The van der Waals surface area contributed by atoms with Gasteiger partial charge in [-0.1, -0.05) is 24.1 Å². The van der Waals surface area contributed by atoms with Crippen molar-refractivity contribution in [3.05, 3.63) is 28.8 Å². The molecule has 0 unspecified atom stereocenters. The van der Waals surface area contributed by atoms with E-state index in [2.05, 4.69) is 17.9 Å². The van der Waals surface area contributed by atoms with E-state index in [-0.39, 0.29) is 0 Å². The van der Waals surface area contributed by atoms with Gasteiger partial charge in [-0.15, -0.1) is 0 Å². The first-order valence-electron chi connectivity index (χ1n) is 6.18. The third kappa shape index (κ3) is 2.56. The quantitative estimate of drug-likeness (QED) is 0.826. The summed E-state index contributed by atoms with van der Waals surface area (Å²) < 4.78 is 0. The van der Waals surface area contributed by atoms with Crippen LogP contribution in [0, 0.1) is 13.8 Å². The normalized spacial score (nSPS) is 17.6. The molecular weight excluding hydrogens is 198 g/mol. The summed E-state index contributed by atoms with van der Waals surface area (Å²) in [6.45, 7) is 7.31. The first-order valence-corrected chi connectivity index (χ1v) is 6.18. The summed E-state index contributed by atoms with van der Waals surface area (Å²) in [6, 6.07) is 4.14. The fourth-order valence-electron chi connectivity index (χ4n) is 2.53. The molecule has 2 rings (SSSR count). The summed E-state index contributed by atoms with van der Waals surface area (Å²) in [7, 11) is 0. The molecule has 2 nitrogen and oxygen atoms in total. The maximum atomic E-state index is 10.0. The lowest BCUT2D eigenvalue weighted by Crippen LogP contribution is -2.29. The zero-order valence-corrected chi connectivity index (χ0v) is 10.3. The number of hydrogen-bond donors (Lipinski definition) is 1. The third-order valence-electron chi connectivity index (χ3n) is 3.37. The Morgan fingerprint density at radius 3 is 2.50 bits per heavy atom. The predicted octanol–water partition coefficient (Wildman–Crippen LogP) is 2.99. The number of aryl methyl sites for hydroxylation is 2. The van der Waals surface area contributed by atoms with Gasteiger partial charge in [0.2, 0.25) is 0 Å².